The van der Waals surface area contributed by atoms with Crippen LogP contribution in [0, 0.1) is 12.7 Å². The zero-order valence-corrected chi connectivity index (χ0v) is 14.9. The third kappa shape index (κ3) is 3.47. The summed E-state index contributed by atoms with van der Waals surface area (Å²) in [6.45, 7) is 1.51. The SMILES string of the molecule is COC(=O)c1c(C)c(-c2cccc(C(F)(F)F)c2)nc2cc(Cl)c(F)cc12. The van der Waals surface area contributed by atoms with Gasteiger partial charge in [-0.05, 0) is 36.8 Å². The van der Waals surface area contributed by atoms with Crippen LogP contribution in [-0.2, 0) is 10.9 Å². The second-order valence-electron chi connectivity index (χ2n) is 5.81. The Bertz CT molecular complexity index is 1060. The van der Waals surface area contributed by atoms with E-state index in [-0.39, 0.29) is 38.3 Å². The molecule has 0 aliphatic carbocycles. The van der Waals surface area contributed by atoms with Crippen molar-refractivity contribution in [1.82, 2.24) is 4.98 Å². The summed E-state index contributed by atoms with van der Waals surface area (Å²) >= 11 is 5.80. The maximum Gasteiger partial charge on any atom is 0.416 e. The zero-order chi connectivity index (χ0) is 19.9. The number of benzene rings is 2. The number of ether oxygens (including phenoxy) is 1. The number of carbonyl (C=O) groups excluding carboxylic acids is 1. The van der Waals surface area contributed by atoms with Gasteiger partial charge in [0.1, 0.15) is 5.82 Å². The van der Waals surface area contributed by atoms with E-state index in [9.17, 15) is 22.4 Å². The van der Waals surface area contributed by atoms with Gasteiger partial charge in [-0.3, -0.25) is 0 Å². The number of hydrogen-bond acceptors (Lipinski definition) is 3. The van der Waals surface area contributed by atoms with Gasteiger partial charge >= 0.3 is 12.1 Å². The van der Waals surface area contributed by atoms with Gasteiger partial charge in [0.15, 0.2) is 0 Å². The Morgan fingerprint density at radius 3 is 2.52 bits per heavy atom. The third-order valence-electron chi connectivity index (χ3n) is 4.12. The lowest BCUT2D eigenvalue weighted by Crippen LogP contribution is -2.09. The number of carbonyl (C=O) groups is 1. The summed E-state index contributed by atoms with van der Waals surface area (Å²) in [6.07, 6.45) is -4.53. The van der Waals surface area contributed by atoms with E-state index in [4.69, 9.17) is 16.3 Å². The minimum absolute atomic E-state index is 0.0190. The van der Waals surface area contributed by atoms with Crippen molar-refractivity contribution < 1.29 is 27.1 Å². The van der Waals surface area contributed by atoms with Gasteiger partial charge in [0.05, 0.1) is 34.5 Å². The fraction of sp³-hybridized carbons (Fsp3) is 0.158. The van der Waals surface area contributed by atoms with Gasteiger partial charge in [0.2, 0.25) is 0 Å². The molecule has 0 N–H and O–H groups in total. The summed E-state index contributed by atoms with van der Waals surface area (Å²) in [5.74, 6) is -1.50. The number of hydrogen-bond donors (Lipinski definition) is 0. The molecule has 0 unspecified atom stereocenters. The van der Waals surface area contributed by atoms with Crippen LogP contribution in [0.4, 0.5) is 17.6 Å². The van der Waals surface area contributed by atoms with E-state index in [0.717, 1.165) is 25.3 Å². The molecule has 3 nitrogen and oxygen atoms in total. The van der Waals surface area contributed by atoms with Gasteiger partial charge in [-0.25, -0.2) is 14.2 Å². The average Bonchev–Trinajstić information content (AvgIpc) is 2.61. The summed E-state index contributed by atoms with van der Waals surface area (Å²) in [5.41, 5.74) is -0.0785. The number of aromatic nitrogens is 1. The molecule has 0 bridgehead atoms. The van der Waals surface area contributed by atoms with E-state index >= 15 is 0 Å². The molecule has 0 fully saturated rings. The van der Waals surface area contributed by atoms with Gasteiger partial charge in [-0.15, -0.1) is 0 Å². The second-order valence-corrected chi connectivity index (χ2v) is 6.22. The maximum atomic E-state index is 13.9. The van der Waals surface area contributed by atoms with Crippen molar-refractivity contribution >= 4 is 28.5 Å². The molecule has 0 spiro atoms. The van der Waals surface area contributed by atoms with E-state index in [1.807, 2.05) is 0 Å². The molecule has 0 aliphatic heterocycles. The van der Waals surface area contributed by atoms with Crippen molar-refractivity contribution in [2.24, 2.45) is 0 Å². The predicted octanol–water partition coefficient (Wildman–Crippen LogP) is 5.81. The smallest absolute Gasteiger partial charge is 0.416 e. The first-order valence-electron chi connectivity index (χ1n) is 7.68. The Balaban J connectivity index is 2.36. The summed E-state index contributed by atoms with van der Waals surface area (Å²) in [4.78, 5) is 16.6. The van der Waals surface area contributed by atoms with Crippen molar-refractivity contribution in [3.05, 3.63) is 63.9 Å². The molecule has 0 saturated heterocycles. The largest absolute Gasteiger partial charge is 0.465 e. The normalized spacial score (nSPS) is 11.7. The van der Waals surface area contributed by atoms with Crippen LogP contribution < -0.4 is 0 Å². The fourth-order valence-electron chi connectivity index (χ4n) is 2.84. The van der Waals surface area contributed by atoms with E-state index in [1.165, 1.54) is 25.1 Å². The lowest BCUT2D eigenvalue weighted by atomic mass is 9.96. The van der Waals surface area contributed by atoms with Gasteiger partial charge < -0.3 is 4.74 Å². The number of esters is 1. The monoisotopic (exact) mass is 397 g/mol. The molecule has 0 aliphatic rings. The second kappa shape index (κ2) is 6.81. The van der Waals surface area contributed by atoms with E-state index in [0.29, 0.717) is 0 Å². The third-order valence-corrected chi connectivity index (χ3v) is 4.41. The lowest BCUT2D eigenvalue weighted by molar-refractivity contribution is -0.137. The van der Waals surface area contributed by atoms with Crippen LogP contribution in [0.3, 0.4) is 0 Å². The molecular formula is C19H12ClF4NO2. The molecule has 0 amide bonds. The summed E-state index contributed by atoms with van der Waals surface area (Å²) in [7, 11) is 1.16. The molecule has 140 valence electrons. The van der Waals surface area contributed by atoms with E-state index in [2.05, 4.69) is 4.98 Å². The Morgan fingerprint density at radius 2 is 1.89 bits per heavy atom. The topological polar surface area (TPSA) is 39.2 Å². The van der Waals surface area contributed by atoms with Gasteiger partial charge in [-0.1, -0.05) is 23.7 Å². The highest BCUT2D eigenvalue weighted by Gasteiger charge is 2.31. The number of rotatable bonds is 2. The van der Waals surface area contributed by atoms with E-state index in [1.54, 1.807) is 0 Å². The number of methoxy groups -OCH3 is 1. The molecule has 2 aromatic carbocycles. The molecule has 3 rings (SSSR count). The molecular weight excluding hydrogens is 386 g/mol. The Labute approximate surface area is 156 Å². The number of alkyl halides is 3. The Kier molecular flexibility index (Phi) is 4.82. The average molecular weight is 398 g/mol. The highest BCUT2D eigenvalue weighted by atomic mass is 35.5. The van der Waals surface area contributed by atoms with Crippen LogP contribution in [0.5, 0.6) is 0 Å². The summed E-state index contributed by atoms with van der Waals surface area (Å²) < 4.78 is 57.8. The molecule has 0 atom stereocenters. The summed E-state index contributed by atoms with van der Waals surface area (Å²) in [6, 6.07) is 6.84. The molecule has 1 aromatic heterocycles. The standard InChI is InChI=1S/C19H12ClF4NO2/c1-9-16(18(26)27-2)12-7-14(21)13(20)8-15(12)25-17(9)10-4-3-5-11(6-10)19(22,23)24/h3-8H,1-2H3. The minimum atomic E-state index is -4.53. The van der Waals surface area contributed by atoms with Crippen molar-refractivity contribution in [3.63, 3.8) is 0 Å². The van der Waals surface area contributed by atoms with Crippen molar-refractivity contribution in [3.8, 4) is 11.3 Å². The van der Waals surface area contributed by atoms with Gasteiger partial charge in [0.25, 0.3) is 0 Å². The summed E-state index contributed by atoms with van der Waals surface area (Å²) in [5, 5.41) is -0.0540. The molecule has 8 heteroatoms. The molecule has 27 heavy (non-hydrogen) atoms. The molecule has 3 aromatic rings. The lowest BCUT2D eigenvalue weighted by Gasteiger charge is -2.15. The number of fused-ring (bicyclic) bond motifs is 1. The zero-order valence-electron chi connectivity index (χ0n) is 14.1. The number of pyridine rings is 1. The predicted molar refractivity (Wildman–Crippen MR) is 93.2 cm³/mol. The van der Waals surface area contributed by atoms with E-state index < -0.39 is 23.5 Å². The van der Waals surface area contributed by atoms with Crippen molar-refractivity contribution in [2.45, 2.75) is 13.1 Å². The van der Waals surface area contributed by atoms with Crippen LogP contribution in [0.15, 0.2) is 36.4 Å². The highest BCUT2D eigenvalue weighted by Crippen LogP contribution is 2.35. The Hall–Kier alpha value is -2.67. The van der Waals surface area contributed by atoms with Crippen LogP contribution in [-0.4, -0.2) is 18.1 Å². The van der Waals surface area contributed by atoms with Crippen LogP contribution >= 0.6 is 11.6 Å². The number of nitrogens with zero attached hydrogens (tertiary/aromatic N) is 1. The number of halogens is 5. The molecule has 0 radical (unpaired) electrons. The van der Waals surface area contributed by atoms with Crippen LogP contribution in [0.2, 0.25) is 5.02 Å². The maximum absolute atomic E-state index is 13.9. The first-order chi connectivity index (χ1) is 12.6. The fourth-order valence-corrected chi connectivity index (χ4v) is 3.00. The van der Waals surface area contributed by atoms with Crippen LogP contribution in [0.25, 0.3) is 22.2 Å². The van der Waals surface area contributed by atoms with Crippen molar-refractivity contribution in [1.29, 1.82) is 0 Å². The first kappa shape index (κ1) is 19.1. The molecule has 1 heterocycles. The van der Waals surface area contributed by atoms with Gasteiger partial charge in [-0.2, -0.15) is 13.2 Å². The molecule has 0 saturated carbocycles. The first-order valence-corrected chi connectivity index (χ1v) is 8.06. The van der Waals surface area contributed by atoms with Gasteiger partial charge in [0, 0.05) is 10.9 Å². The quantitative estimate of drug-likeness (QED) is 0.405. The highest BCUT2D eigenvalue weighted by molar-refractivity contribution is 6.31. The Morgan fingerprint density at radius 1 is 1.19 bits per heavy atom. The van der Waals surface area contributed by atoms with Crippen molar-refractivity contribution in [2.75, 3.05) is 7.11 Å². The minimum Gasteiger partial charge on any atom is -0.465 e. The van der Waals surface area contributed by atoms with Crippen LogP contribution in [0.1, 0.15) is 21.5 Å².